The minimum atomic E-state index is -0.176. The summed E-state index contributed by atoms with van der Waals surface area (Å²) in [6.07, 6.45) is 0. The van der Waals surface area contributed by atoms with Gasteiger partial charge in [0.2, 0.25) is 0 Å². The van der Waals surface area contributed by atoms with Gasteiger partial charge in [-0.3, -0.25) is 0 Å². The minimum absolute atomic E-state index is 0.129. The number of aromatic nitrogens is 1. The molecule has 1 aromatic heterocycles. The van der Waals surface area contributed by atoms with Crippen molar-refractivity contribution in [1.82, 2.24) is 10.3 Å². The van der Waals surface area contributed by atoms with Gasteiger partial charge < -0.3 is 5.32 Å². The Morgan fingerprint density at radius 3 is 2.56 bits per heavy atom. The van der Waals surface area contributed by atoms with Crippen LogP contribution in [0.4, 0.5) is 4.39 Å². The molecule has 2 nitrogen and oxygen atoms in total. The molecule has 96 valence electrons. The molecule has 1 atom stereocenters. The lowest BCUT2D eigenvalue weighted by atomic mass is 10.0. The molecule has 0 aliphatic heterocycles. The Morgan fingerprint density at radius 1 is 1.28 bits per heavy atom. The summed E-state index contributed by atoms with van der Waals surface area (Å²) in [5, 5.41) is 4.20. The van der Waals surface area contributed by atoms with Crippen LogP contribution in [0.15, 0.2) is 18.2 Å². The van der Waals surface area contributed by atoms with Crippen molar-refractivity contribution >= 4 is 11.3 Å². The predicted octanol–water partition coefficient (Wildman–Crippen LogP) is 3.52. The molecule has 4 heteroatoms. The maximum atomic E-state index is 14.0. The van der Waals surface area contributed by atoms with E-state index >= 15 is 0 Å². The number of nitrogens with one attached hydrogen (secondary N) is 1. The highest BCUT2D eigenvalue weighted by molar-refractivity contribution is 7.11. The van der Waals surface area contributed by atoms with Gasteiger partial charge in [0.05, 0.1) is 16.7 Å². The fourth-order valence-corrected chi connectivity index (χ4v) is 3.18. The molecule has 1 heterocycles. The summed E-state index contributed by atoms with van der Waals surface area (Å²) in [5.74, 6) is -0.176. The number of hydrogen-bond acceptors (Lipinski definition) is 3. The summed E-state index contributed by atoms with van der Waals surface area (Å²) in [7, 11) is 1.85. The first-order valence-electron chi connectivity index (χ1n) is 5.90. The molecule has 2 rings (SSSR count). The molecule has 1 unspecified atom stereocenters. The van der Waals surface area contributed by atoms with Crippen molar-refractivity contribution in [1.29, 1.82) is 0 Å². The molecular weight excluding hydrogens is 247 g/mol. The lowest BCUT2D eigenvalue weighted by Crippen LogP contribution is -2.19. The van der Waals surface area contributed by atoms with E-state index in [1.165, 1.54) is 6.07 Å². The second-order valence-corrected chi connectivity index (χ2v) is 5.66. The van der Waals surface area contributed by atoms with Gasteiger partial charge in [-0.15, -0.1) is 11.3 Å². The number of benzene rings is 1. The second kappa shape index (κ2) is 5.16. The largest absolute Gasteiger partial charge is 0.309 e. The highest BCUT2D eigenvalue weighted by Gasteiger charge is 2.20. The molecule has 18 heavy (non-hydrogen) atoms. The summed E-state index contributed by atoms with van der Waals surface area (Å²) in [5.41, 5.74) is 2.72. The standard InChI is InChI=1S/C14H17FN2S/c1-8-5-6-12(15)11(7-8)13(16-4)14-9(2)17-10(3)18-14/h5-7,13,16H,1-4H3. The Bertz CT molecular complexity index is 563. The van der Waals surface area contributed by atoms with Crippen molar-refractivity contribution in [2.24, 2.45) is 0 Å². The zero-order chi connectivity index (χ0) is 13.3. The summed E-state index contributed by atoms with van der Waals surface area (Å²) >= 11 is 1.62. The van der Waals surface area contributed by atoms with E-state index in [2.05, 4.69) is 10.3 Å². The van der Waals surface area contributed by atoms with Gasteiger partial charge in [0.25, 0.3) is 0 Å². The quantitative estimate of drug-likeness (QED) is 0.917. The zero-order valence-electron chi connectivity index (χ0n) is 11.0. The van der Waals surface area contributed by atoms with Crippen LogP contribution in [-0.4, -0.2) is 12.0 Å². The molecule has 0 bridgehead atoms. The van der Waals surface area contributed by atoms with Gasteiger partial charge in [0, 0.05) is 10.4 Å². The fourth-order valence-electron chi connectivity index (χ4n) is 2.13. The summed E-state index contributed by atoms with van der Waals surface area (Å²) in [6.45, 7) is 5.91. The van der Waals surface area contributed by atoms with Crippen LogP contribution in [0.3, 0.4) is 0 Å². The van der Waals surface area contributed by atoms with E-state index in [0.717, 1.165) is 21.1 Å². The van der Waals surface area contributed by atoms with E-state index in [9.17, 15) is 4.39 Å². The third-order valence-electron chi connectivity index (χ3n) is 2.95. The number of thiazole rings is 1. The first-order chi connectivity index (χ1) is 8.52. The van der Waals surface area contributed by atoms with Gasteiger partial charge in [-0.2, -0.15) is 0 Å². The molecule has 0 radical (unpaired) electrons. The van der Waals surface area contributed by atoms with E-state index in [0.29, 0.717) is 5.56 Å². The molecular formula is C14H17FN2S. The number of halogens is 1. The maximum absolute atomic E-state index is 14.0. The summed E-state index contributed by atoms with van der Waals surface area (Å²) < 4.78 is 14.0. The highest BCUT2D eigenvalue weighted by atomic mass is 32.1. The molecule has 0 fully saturated rings. The normalized spacial score (nSPS) is 12.7. The van der Waals surface area contributed by atoms with Crippen LogP contribution in [0.25, 0.3) is 0 Å². The number of nitrogens with zero attached hydrogens (tertiary/aromatic N) is 1. The molecule has 0 aliphatic rings. The smallest absolute Gasteiger partial charge is 0.128 e. The monoisotopic (exact) mass is 264 g/mol. The predicted molar refractivity (Wildman–Crippen MR) is 73.6 cm³/mol. The number of hydrogen-bond donors (Lipinski definition) is 1. The van der Waals surface area contributed by atoms with Crippen LogP contribution < -0.4 is 5.32 Å². The van der Waals surface area contributed by atoms with Crippen LogP contribution in [0.2, 0.25) is 0 Å². The van der Waals surface area contributed by atoms with E-state index in [-0.39, 0.29) is 11.9 Å². The van der Waals surface area contributed by atoms with Crippen molar-refractivity contribution in [2.75, 3.05) is 7.05 Å². The third-order valence-corrected chi connectivity index (χ3v) is 4.09. The van der Waals surface area contributed by atoms with E-state index in [4.69, 9.17) is 0 Å². The van der Waals surface area contributed by atoms with Crippen molar-refractivity contribution in [2.45, 2.75) is 26.8 Å². The average Bonchev–Trinajstić information content (AvgIpc) is 2.64. The van der Waals surface area contributed by atoms with Gasteiger partial charge in [0.1, 0.15) is 5.82 Å². The van der Waals surface area contributed by atoms with Crippen molar-refractivity contribution < 1.29 is 4.39 Å². The Morgan fingerprint density at radius 2 is 2.00 bits per heavy atom. The molecule has 2 aromatic rings. The van der Waals surface area contributed by atoms with Crippen molar-refractivity contribution in [3.05, 3.63) is 50.7 Å². The average molecular weight is 264 g/mol. The van der Waals surface area contributed by atoms with Gasteiger partial charge in [-0.05, 0) is 33.9 Å². The van der Waals surface area contributed by atoms with E-state index < -0.39 is 0 Å². The molecule has 0 saturated heterocycles. The molecule has 0 aliphatic carbocycles. The Balaban J connectivity index is 2.51. The molecule has 1 aromatic carbocycles. The lowest BCUT2D eigenvalue weighted by Gasteiger charge is -2.17. The Hall–Kier alpha value is -1.26. The molecule has 0 saturated carbocycles. The SMILES string of the molecule is CNC(c1cc(C)ccc1F)c1sc(C)nc1C. The van der Waals surface area contributed by atoms with Crippen LogP contribution >= 0.6 is 11.3 Å². The van der Waals surface area contributed by atoms with Crippen LogP contribution in [0.1, 0.15) is 32.7 Å². The first kappa shape index (κ1) is 13.2. The Kier molecular flexibility index (Phi) is 3.78. The third kappa shape index (κ3) is 2.44. The highest BCUT2D eigenvalue weighted by Crippen LogP contribution is 2.31. The number of aryl methyl sites for hydroxylation is 3. The molecule has 1 N–H and O–H groups in total. The fraction of sp³-hybridized carbons (Fsp3) is 0.357. The maximum Gasteiger partial charge on any atom is 0.128 e. The van der Waals surface area contributed by atoms with Crippen molar-refractivity contribution in [3.8, 4) is 0 Å². The molecule has 0 amide bonds. The van der Waals surface area contributed by atoms with Crippen LogP contribution in [0, 0.1) is 26.6 Å². The van der Waals surface area contributed by atoms with Gasteiger partial charge >= 0.3 is 0 Å². The van der Waals surface area contributed by atoms with Crippen LogP contribution in [0.5, 0.6) is 0 Å². The summed E-state index contributed by atoms with van der Waals surface area (Å²) in [6, 6.07) is 5.08. The van der Waals surface area contributed by atoms with Gasteiger partial charge in [0.15, 0.2) is 0 Å². The van der Waals surface area contributed by atoms with E-state index in [1.807, 2.05) is 33.9 Å². The number of rotatable bonds is 3. The first-order valence-corrected chi connectivity index (χ1v) is 6.71. The summed E-state index contributed by atoms with van der Waals surface area (Å²) in [4.78, 5) is 5.50. The van der Waals surface area contributed by atoms with Gasteiger partial charge in [-0.1, -0.05) is 17.7 Å². The lowest BCUT2D eigenvalue weighted by molar-refractivity contribution is 0.577. The molecule has 0 spiro atoms. The minimum Gasteiger partial charge on any atom is -0.309 e. The topological polar surface area (TPSA) is 24.9 Å². The Labute approximate surface area is 111 Å². The zero-order valence-corrected chi connectivity index (χ0v) is 11.9. The van der Waals surface area contributed by atoms with Crippen molar-refractivity contribution in [3.63, 3.8) is 0 Å². The van der Waals surface area contributed by atoms with E-state index in [1.54, 1.807) is 17.4 Å². The second-order valence-electron chi connectivity index (χ2n) is 4.43. The van der Waals surface area contributed by atoms with Crippen LogP contribution in [-0.2, 0) is 0 Å². The van der Waals surface area contributed by atoms with Gasteiger partial charge in [-0.25, -0.2) is 9.37 Å².